The molecule has 4 nitrogen and oxygen atoms in total. The Balaban J connectivity index is 2.91. The van der Waals surface area contributed by atoms with Gasteiger partial charge < -0.3 is 19.6 Å². The molecule has 0 aliphatic heterocycles. The number of carbonyl (C=O) groups is 1. The number of nitrogens with one attached hydrogen (secondary N) is 1. The van der Waals surface area contributed by atoms with E-state index in [1.54, 1.807) is 14.2 Å². The van der Waals surface area contributed by atoms with E-state index >= 15 is 0 Å². The van der Waals surface area contributed by atoms with E-state index in [4.69, 9.17) is 9.47 Å². The summed E-state index contributed by atoms with van der Waals surface area (Å²) in [5.74, 6) is 1.61. The van der Waals surface area contributed by atoms with Crippen LogP contribution in [0.2, 0.25) is 0 Å². The molecule has 0 saturated carbocycles. The zero-order valence-electron chi connectivity index (χ0n) is 9.87. The summed E-state index contributed by atoms with van der Waals surface area (Å²) < 4.78 is 10.6. The first-order chi connectivity index (χ1) is 7.74. The second-order valence-electron chi connectivity index (χ2n) is 3.38. The van der Waals surface area contributed by atoms with E-state index in [0.717, 1.165) is 28.9 Å². The maximum atomic E-state index is 10.2. The van der Waals surface area contributed by atoms with Gasteiger partial charge in [0, 0.05) is 17.7 Å². The number of benzene rings is 1. The Hall–Kier alpha value is -1.55. The molecule has 1 aromatic carbocycles. The minimum atomic E-state index is 0.341. The van der Waals surface area contributed by atoms with Crippen molar-refractivity contribution in [1.29, 1.82) is 0 Å². The van der Waals surface area contributed by atoms with Gasteiger partial charge in [-0.05, 0) is 13.0 Å². The molecule has 0 aliphatic rings. The van der Waals surface area contributed by atoms with Gasteiger partial charge in [0.15, 0.2) is 0 Å². The van der Waals surface area contributed by atoms with E-state index in [0.29, 0.717) is 13.1 Å². The van der Waals surface area contributed by atoms with E-state index in [-0.39, 0.29) is 0 Å². The highest BCUT2D eigenvalue weighted by Gasteiger charge is 2.10. The smallest absolute Gasteiger partial charge is 0.133 e. The average Bonchev–Trinajstić information content (AvgIpc) is 2.30. The summed E-state index contributed by atoms with van der Waals surface area (Å²) in [6.45, 7) is 2.89. The molecule has 0 spiro atoms. The third kappa shape index (κ3) is 2.73. The minimum absolute atomic E-state index is 0.341. The van der Waals surface area contributed by atoms with Gasteiger partial charge in [-0.2, -0.15) is 0 Å². The summed E-state index contributed by atoms with van der Waals surface area (Å²) in [5, 5.41) is 3.00. The molecule has 0 unspecified atom stereocenters. The molecule has 1 rings (SSSR count). The van der Waals surface area contributed by atoms with Crippen LogP contribution in [0.5, 0.6) is 11.5 Å². The summed E-state index contributed by atoms with van der Waals surface area (Å²) in [6, 6.07) is 3.83. The van der Waals surface area contributed by atoms with Crippen LogP contribution >= 0.6 is 0 Å². The van der Waals surface area contributed by atoms with E-state index in [1.165, 1.54) is 0 Å². The molecule has 0 heterocycles. The lowest BCUT2D eigenvalue weighted by atomic mass is 10.1. The number of aldehydes is 1. The summed E-state index contributed by atoms with van der Waals surface area (Å²) >= 11 is 0. The van der Waals surface area contributed by atoms with Crippen LogP contribution in [0.25, 0.3) is 0 Å². The Bertz CT molecular complexity index is 364. The van der Waals surface area contributed by atoms with Crippen molar-refractivity contribution in [2.24, 2.45) is 0 Å². The second kappa shape index (κ2) is 6.12. The maximum absolute atomic E-state index is 10.2. The molecule has 1 aromatic rings. The lowest BCUT2D eigenvalue weighted by molar-refractivity contribution is -0.107. The zero-order valence-corrected chi connectivity index (χ0v) is 9.87. The van der Waals surface area contributed by atoms with Gasteiger partial charge in [0.25, 0.3) is 0 Å². The number of ether oxygens (including phenoxy) is 2. The van der Waals surface area contributed by atoms with Crippen molar-refractivity contribution < 1.29 is 14.3 Å². The molecule has 0 atom stereocenters. The summed E-state index contributed by atoms with van der Waals surface area (Å²) in [5.41, 5.74) is 1.98. The highest BCUT2D eigenvalue weighted by molar-refractivity contribution is 5.52. The van der Waals surface area contributed by atoms with Gasteiger partial charge in [-0.15, -0.1) is 0 Å². The van der Waals surface area contributed by atoms with Crippen LogP contribution < -0.4 is 14.8 Å². The van der Waals surface area contributed by atoms with Crippen LogP contribution in [0.1, 0.15) is 11.1 Å². The first-order valence-corrected chi connectivity index (χ1v) is 5.09. The van der Waals surface area contributed by atoms with E-state index in [2.05, 4.69) is 5.32 Å². The van der Waals surface area contributed by atoms with Gasteiger partial charge in [-0.3, -0.25) is 0 Å². The molecule has 0 saturated heterocycles. The van der Waals surface area contributed by atoms with Crippen LogP contribution in [0.15, 0.2) is 12.1 Å². The molecule has 0 bridgehead atoms. The summed E-state index contributed by atoms with van der Waals surface area (Å²) in [4.78, 5) is 10.2. The fourth-order valence-electron chi connectivity index (χ4n) is 1.64. The van der Waals surface area contributed by atoms with Crippen molar-refractivity contribution in [1.82, 2.24) is 5.32 Å². The van der Waals surface area contributed by atoms with Crippen LogP contribution in [0.3, 0.4) is 0 Å². The van der Waals surface area contributed by atoms with Crippen molar-refractivity contribution in [3.8, 4) is 11.5 Å². The largest absolute Gasteiger partial charge is 0.496 e. The van der Waals surface area contributed by atoms with Gasteiger partial charge in [-0.25, -0.2) is 0 Å². The highest BCUT2D eigenvalue weighted by Crippen LogP contribution is 2.30. The fraction of sp³-hybridized carbons (Fsp3) is 0.417. The van der Waals surface area contributed by atoms with Gasteiger partial charge >= 0.3 is 0 Å². The molecule has 0 aliphatic carbocycles. The van der Waals surface area contributed by atoms with E-state index < -0.39 is 0 Å². The zero-order chi connectivity index (χ0) is 12.0. The Morgan fingerprint density at radius 3 is 2.62 bits per heavy atom. The molecule has 0 amide bonds. The number of carbonyl (C=O) groups excluding carboxylic acids is 1. The Kier molecular flexibility index (Phi) is 4.79. The fourth-order valence-corrected chi connectivity index (χ4v) is 1.64. The molecule has 16 heavy (non-hydrogen) atoms. The van der Waals surface area contributed by atoms with Crippen molar-refractivity contribution in [2.75, 3.05) is 20.8 Å². The Morgan fingerprint density at radius 1 is 1.31 bits per heavy atom. The number of methoxy groups -OCH3 is 2. The van der Waals surface area contributed by atoms with Gasteiger partial charge in [-0.1, -0.05) is 6.07 Å². The maximum Gasteiger partial charge on any atom is 0.133 e. The van der Waals surface area contributed by atoms with Gasteiger partial charge in [0.2, 0.25) is 0 Å². The SMILES string of the molecule is COc1ccc(CNCC=O)c(OC)c1C. The predicted molar refractivity (Wildman–Crippen MR) is 62.1 cm³/mol. The van der Waals surface area contributed by atoms with Crippen molar-refractivity contribution in [3.63, 3.8) is 0 Å². The predicted octanol–water partition coefficient (Wildman–Crippen LogP) is 1.30. The normalized spacial score (nSPS) is 9.94. The average molecular weight is 223 g/mol. The molecular weight excluding hydrogens is 206 g/mol. The Labute approximate surface area is 95.6 Å². The molecule has 0 aromatic heterocycles. The van der Waals surface area contributed by atoms with Crippen LogP contribution in [0, 0.1) is 6.92 Å². The second-order valence-corrected chi connectivity index (χ2v) is 3.38. The number of rotatable bonds is 6. The lowest BCUT2D eigenvalue weighted by Crippen LogP contribution is -2.16. The summed E-state index contributed by atoms with van der Waals surface area (Å²) in [7, 11) is 3.26. The lowest BCUT2D eigenvalue weighted by Gasteiger charge is -2.14. The first kappa shape index (κ1) is 12.5. The first-order valence-electron chi connectivity index (χ1n) is 5.09. The quantitative estimate of drug-likeness (QED) is 0.583. The van der Waals surface area contributed by atoms with Crippen molar-refractivity contribution in [2.45, 2.75) is 13.5 Å². The molecule has 0 radical (unpaired) electrons. The van der Waals surface area contributed by atoms with E-state index in [9.17, 15) is 4.79 Å². The number of hydrogen-bond acceptors (Lipinski definition) is 4. The number of hydrogen-bond donors (Lipinski definition) is 1. The molecule has 0 fully saturated rings. The molecule has 4 heteroatoms. The molecule has 88 valence electrons. The van der Waals surface area contributed by atoms with Crippen molar-refractivity contribution in [3.05, 3.63) is 23.3 Å². The third-order valence-corrected chi connectivity index (χ3v) is 2.40. The standard InChI is InChI=1S/C12H17NO3/c1-9-11(15-2)5-4-10(12(9)16-3)8-13-6-7-14/h4-5,7,13H,6,8H2,1-3H3. The molecular formula is C12H17NO3. The van der Waals surface area contributed by atoms with Gasteiger partial charge in [0.1, 0.15) is 17.8 Å². The van der Waals surface area contributed by atoms with Crippen LogP contribution in [-0.4, -0.2) is 27.1 Å². The van der Waals surface area contributed by atoms with Crippen LogP contribution in [-0.2, 0) is 11.3 Å². The van der Waals surface area contributed by atoms with Gasteiger partial charge in [0.05, 0.1) is 20.8 Å². The monoisotopic (exact) mass is 223 g/mol. The highest BCUT2D eigenvalue weighted by atomic mass is 16.5. The topological polar surface area (TPSA) is 47.6 Å². The minimum Gasteiger partial charge on any atom is -0.496 e. The summed E-state index contributed by atoms with van der Waals surface area (Å²) in [6.07, 6.45) is 0.836. The third-order valence-electron chi connectivity index (χ3n) is 2.40. The van der Waals surface area contributed by atoms with E-state index in [1.807, 2.05) is 19.1 Å². The van der Waals surface area contributed by atoms with Crippen LogP contribution in [0.4, 0.5) is 0 Å². The Morgan fingerprint density at radius 2 is 2.06 bits per heavy atom. The molecule has 1 N–H and O–H groups in total. The van der Waals surface area contributed by atoms with Crippen molar-refractivity contribution >= 4 is 6.29 Å².